The fraction of sp³-hybridized carbons (Fsp3) is 0.800. The lowest BCUT2D eigenvalue weighted by Crippen LogP contribution is -2.32. The highest BCUT2D eigenvalue weighted by Gasteiger charge is 2.14. The molecule has 4 N–H and O–H groups in total. The predicted octanol–water partition coefficient (Wildman–Crippen LogP) is 0.0702. The average molecular weight is 160 g/mol. The second-order valence-electron chi connectivity index (χ2n) is 2.02. The van der Waals surface area contributed by atoms with Gasteiger partial charge in [-0.15, -0.1) is 0 Å². The molecule has 0 saturated carbocycles. The Kier molecular flexibility index (Phi) is 4.80. The normalized spacial score (nSPS) is 13.2. The zero-order valence-corrected chi connectivity index (χ0v) is 6.32. The highest BCUT2D eigenvalue weighted by molar-refractivity contribution is 5.73. The molecule has 0 spiro atoms. The van der Waals surface area contributed by atoms with E-state index in [9.17, 15) is 4.79 Å². The van der Waals surface area contributed by atoms with Gasteiger partial charge in [-0.2, -0.15) is 0 Å². The molecule has 0 radical (unpaired) electrons. The molecule has 1 atom stereocenters. The molecular weight excluding hydrogens is 148 g/mol. The van der Waals surface area contributed by atoms with Crippen LogP contribution < -0.4 is 11.3 Å². The van der Waals surface area contributed by atoms with Crippen LogP contribution >= 0.6 is 0 Å². The van der Waals surface area contributed by atoms with Crippen LogP contribution in [0.3, 0.4) is 0 Å². The molecule has 1 unspecified atom stereocenters. The highest BCUT2D eigenvalue weighted by Crippen LogP contribution is 1.95. The molecule has 0 bridgehead atoms. The number of nitrogens with two attached hydrogens (primary N) is 1. The second-order valence-corrected chi connectivity index (χ2v) is 2.02. The number of aliphatic carboxylic acids is 1. The third-order valence-corrected chi connectivity index (χ3v) is 1.15. The minimum Gasteiger partial charge on any atom is -0.480 e. The fourth-order valence-electron chi connectivity index (χ4n) is 0.635. The van der Waals surface area contributed by atoms with Crippen molar-refractivity contribution >= 4 is 5.97 Å². The van der Waals surface area contributed by atoms with Crippen LogP contribution in [0, 0.1) is 0 Å². The Morgan fingerprint density at radius 1 is 1.82 bits per heavy atom. The molecule has 0 aliphatic heterocycles. The number of carboxylic acids is 1. The van der Waals surface area contributed by atoms with Crippen LogP contribution in [0.15, 0.2) is 10.4 Å². The van der Waals surface area contributed by atoms with Gasteiger partial charge in [-0.1, -0.05) is 23.8 Å². The number of nitrogens with one attached hydrogen (secondary N) is 1. The van der Waals surface area contributed by atoms with Crippen LogP contribution in [0.5, 0.6) is 0 Å². The van der Waals surface area contributed by atoms with Gasteiger partial charge in [0.1, 0.15) is 6.04 Å². The molecule has 64 valence electrons. The summed E-state index contributed by atoms with van der Waals surface area (Å²) in [5.74, 6) is 3.73. The monoisotopic (exact) mass is 160 g/mol. The molecule has 6 heteroatoms. The fourth-order valence-corrected chi connectivity index (χ4v) is 0.635. The van der Waals surface area contributed by atoms with Crippen molar-refractivity contribution in [3.63, 3.8) is 0 Å². The van der Waals surface area contributed by atoms with Gasteiger partial charge >= 0.3 is 5.97 Å². The van der Waals surface area contributed by atoms with E-state index in [1.54, 1.807) is 0 Å². The number of rotatable bonds is 5. The Bertz CT molecular complexity index is 147. The van der Waals surface area contributed by atoms with E-state index in [1.165, 1.54) is 0 Å². The predicted molar refractivity (Wildman–Crippen MR) is 38.5 cm³/mol. The Morgan fingerprint density at radius 3 is 2.82 bits per heavy atom. The Balaban J connectivity index is 3.79. The van der Waals surface area contributed by atoms with Gasteiger partial charge in [0.15, 0.2) is 0 Å². The van der Waals surface area contributed by atoms with Crippen molar-refractivity contribution in [1.82, 2.24) is 5.43 Å². The summed E-state index contributed by atoms with van der Waals surface area (Å²) in [5.41, 5.74) is 2.30. The van der Waals surface area contributed by atoms with Gasteiger partial charge in [-0.3, -0.25) is 5.43 Å². The molecule has 0 aliphatic carbocycles. The van der Waals surface area contributed by atoms with Crippen LogP contribution in [-0.4, -0.2) is 17.1 Å². The van der Waals surface area contributed by atoms with Crippen molar-refractivity contribution < 1.29 is 9.90 Å². The number of hydrogen-bond donors (Lipinski definition) is 3. The van der Waals surface area contributed by atoms with E-state index in [-0.39, 0.29) is 0 Å². The maximum Gasteiger partial charge on any atom is 0.327 e. The van der Waals surface area contributed by atoms with E-state index < -0.39 is 12.0 Å². The standard InChI is InChI=1S/C5H12N4O2/c1-2-3-4(5(10)11)7-9-8-6/h4H,2-3H2,1H3,(H2,6,9)(H,7,8)(H,10,11). The summed E-state index contributed by atoms with van der Waals surface area (Å²) < 4.78 is 0. The summed E-state index contributed by atoms with van der Waals surface area (Å²) in [7, 11) is 0. The van der Waals surface area contributed by atoms with Crippen molar-refractivity contribution in [2.24, 2.45) is 16.3 Å². The van der Waals surface area contributed by atoms with Crippen molar-refractivity contribution in [2.45, 2.75) is 25.8 Å². The smallest absolute Gasteiger partial charge is 0.327 e. The number of nitrogens with zero attached hydrogens (tertiary/aromatic N) is 2. The Labute approximate surface area is 64.4 Å². The van der Waals surface area contributed by atoms with Crippen molar-refractivity contribution in [3.8, 4) is 0 Å². The maximum absolute atomic E-state index is 10.4. The summed E-state index contributed by atoms with van der Waals surface area (Å²) in [6, 6.07) is -0.688. The van der Waals surface area contributed by atoms with Crippen molar-refractivity contribution in [3.05, 3.63) is 0 Å². The van der Waals surface area contributed by atoms with Gasteiger partial charge in [-0.05, 0) is 6.42 Å². The summed E-state index contributed by atoms with van der Waals surface area (Å²) in [4.78, 5) is 10.4. The van der Waals surface area contributed by atoms with Crippen LogP contribution in [0.25, 0.3) is 0 Å². The van der Waals surface area contributed by atoms with E-state index in [0.717, 1.165) is 6.42 Å². The molecule has 0 heterocycles. The first-order chi connectivity index (χ1) is 5.22. The highest BCUT2D eigenvalue weighted by atomic mass is 16.4. The largest absolute Gasteiger partial charge is 0.480 e. The first-order valence-electron chi connectivity index (χ1n) is 3.30. The zero-order chi connectivity index (χ0) is 8.69. The second kappa shape index (κ2) is 5.45. The molecule has 0 amide bonds. The molecule has 0 fully saturated rings. The van der Waals surface area contributed by atoms with Gasteiger partial charge in [-0.25, -0.2) is 4.79 Å². The van der Waals surface area contributed by atoms with Gasteiger partial charge < -0.3 is 10.9 Å². The first-order valence-corrected chi connectivity index (χ1v) is 3.30. The average Bonchev–Trinajstić information content (AvgIpc) is 1.97. The molecule has 0 aromatic carbocycles. The summed E-state index contributed by atoms with van der Waals surface area (Å²) in [5, 5.41) is 14.6. The molecule has 0 aromatic rings. The number of hydrogen-bond acceptors (Lipinski definition) is 3. The molecule has 0 aliphatic rings. The third-order valence-electron chi connectivity index (χ3n) is 1.15. The van der Waals surface area contributed by atoms with Crippen molar-refractivity contribution in [1.29, 1.82) is 0 Å². The minimum atomic E-state index is -0.945. The van der Waals surface area contributed by atoms with Crippen LogP contribution in [-0.2, 0) is 4.79 Å². The molecule has 0 aromatic heterocycles. The SMILES string of the molecule is CCCC(N/N=N/N)C(=O)O. The molecule has 11 heavy (non-hydrogen) atoms. The molecule has 0 rings (SSSR count). The third kappa shape index (κ3) is 4.12. The molecule has 0 saturated heterocycles. The summed E-state index contributed by atoms with van der Waals surface area (Å²) >= 11 is 0. The lowest BCUT2D eigenvalue weighted by molar-refractivity contribution is -0.139. The lowest BCUT2D eigenvalue weighted by atomic mass is 10.2. The van der Waals surface area contributed by atoms with E-state index >= 15 is 0 Å². The van der Waals surface area contributed by atoms with Crippen molar-refractivity contribution in [2.75, 3.05) is 0 Å². The Hall–Kier alpha value is -1.33. The quantitative estimate of drug-likeness (QED) is 0.301. The summed E-state index contributed by atoms with van der Waals surface area (Å²) in [6.45, 7) is 1.89. The van der Waals surface area contributed by atoms with Gasteiger partial charge in [0.2, 0.25) is 0 Å². The zero-order valence-electron chi connectivity index (χ0n) is 6.32. The van der Waals surface area contributed by atoms with Crippen LogP contribution in [0.4, 0.5) is 0 Å². The van der Waals surface area contributed by atoms with Crippen LogP contribution in [0.2, 0.25) is 0 Å². The maximum atomic E-state index is 10.4. The van der Waals surface area contributed by atoms with E-state index in [2.05, 4.69) is 21.7 Å². The minimum absolute atomic E-state index is 0.508. The van der Waals surface area contributed by atoms with Gasteiger partial charge in [0.05, 0.1) is 0 Å². The van der Waals surface area contributed by atoms with Crippen LogP contribution in [0.1, 0.15) is 19.8 Å². The number of carbonyl (C=O) groups is 1. The van der Waals surface area contributed by atoms with Gasteiger partial charge in [0, 0.05) is 0 Å². The first kappa shape index (κ1) is 9.67. The van der Waals surface area contributed by atoms with E-state index in [4.69, 9.17) is 5.11 Å². The molecular formula is C5H12N4O2. The lowest BCUT2D eigenvalue weighted by Gasteiger charge is -2.07. The summed E-state index contributed by atoms with van der Waals surface area (Å²) in [6.07, 6.45) is 1.28. The molecule has 6 nitrogen and oxygen atoms in total. The van der Waals surface area contributed by atoms with E-state index in [0.29, 0.717) is 6.42 Å². The topological polar surface area (TPSA) is 100 Å². The Morgan fingerprint density at radius 2 is 2.45 bits per heavy atom. The van der Waals surface area contributed by atoms with Gasteiger partial charge in [0.25, 0.3) is 0 Å². The van der Waals surface area contributed by atoms with E-state index in [1.807, 2.05) is 6.92 Å². The number of carboxylic acid groups (broad SMARTS) is 1.